The fourth-order valence-electron chi connectivity index (χ4n) is 2.31. The molecule has 1 saturated heterocycles. The minimum absolute atomic E-state index is 0.0822. The third-order valence-corrected chi connectivity index (χ3v) is 5.00. The summed E-state index contributed by atoms with van der Waals surface area (Å²) >= 11 is 0. The van der Waals surface area contributed by atoms with E-state index in [0.717, 1.165) is 12.8 Å². The van der Waals surface area contributed by atoms with Crippen molar-refractivity contribution < 1.29 is 13.2 Å². The number of carbonyl (C=O) groups is 1. The highest BCUT2D eigenvalue weighted by atomic mass is 32.2. The lowest BCUT2D eigenvalue weighted by molar-refractivity contribution is -0.114. The van der Waals surface area contributed by atoms with E-state index in [0.29, 0.717) is 18.3 Å². The number of amides is 1. The van der Waals surface area contributed by atoms with E-state index in [1.54, 1.807) is 12.1 Å². The molecule has 2 unspecified atom stereocenters. The van der Waals surface area contributed by atoms with Crippen LogP contribution < -0.4 is 15.4 Å². The Kier molecular flexibility index (Phi) is 4.97. The predicted octanol–water partition coefficient (Wildman–Crippen LogP) is 1.06. The summed E-state index contributed by atoms with van der Waals surface area (Å²) in [7, 11) is -3.53. The molecule has 0 spiro atoms. The second-order valence-corrected chi connectivity index (χ2v) is 7.12. The van der Waals surface area contributed by atoms with Gasteiger partial charge in [-0.25, -0.2) is 13.1 Å². The molecule has 0 saturated carbocycles. The van der Waals surface area contributed by atoms with Gasteiger partial charge in [-0.3, -0.25) is 4.79 Å². The van der Waals surface area contributed by atoms with Gasteiger partial charge in [0, 0.05) is 31.2 Å². The van der Waals surface area contributed by atoms with Crippen LogP contribution in [0.5, 0.6) is 0 Å². The molecule has 1 fully saturated rings. The second kappa shape index (κ2) is 6.55. The van der Waals surface area contributed by atoms with Gasteiger partial charge in [-0.15, -0.1) is 0 Å². The van der Waals surface area contributed by atoms with Gasteiger partial charge >= 0.3 is 0 Å². The van der Waals surface area contributed by atoms with Crippen molar-refractivity contribution in [2.24, 2.45) is 0 Å². The molecule has 1 heterocycles. The molecule has 1 amide bonds. The average Bonchev–Trinajstić information content (AvgIpc) is 2.41. The van der Waals surface area contributed by atoms with Crippen molar-refractivity contribution in [3.63, 3.8) is 0 Å². The maximum Gasteiger partial charge on any atom is 0.240 e. The number of carbonyl (C=O) groups excluding carboxylic acids is 1. The van der Waals surface area contributed by atoms with Gasteiger partial charge in [0.05, 0.1) is 4.90 Å². The summed E-state index contributed by atoms with van der Waals surface area (Å²) in [4.78, 5) is 11.1. The summed E-state index contributed by atoms with van der Waals surface area (Å²) in [5, 5.41) is 5.87. The van der Waals surface area contributed by atoms with Crippen molar-refractivity contribution in [1.29, 1.82) is 0 Å². The van der Waals surface area contributed by atoms with Crippen LogP contribution in [0.25, 0.3) is 0 Å². The van der Waals surface area contributed by atoms with Crippen LogP contribution in [0.2, 0.25) is 0 Å². The maximum atomic E-state index is 12.3. The lowest BCUT2D eigenvalue weighted by Crippen LogP contribution is -2.48. The van der Waals surface area contributed by atoms with E-state index < -0.39 is 10.0 Å². The van der Waals surface area contributed by atoms with Crippen molar-refractivity contribution in [3.8, 4) is 0 Å². The van der Waals surface area contributed by atoms with E-state index in [9.17, 15) is 13.2 Å². The number of nitrogens with one attached hydrogen (secondary N) is 3. The Bertz CT molecular complexity index is 590. The van der Waals surface area contributed by atoms with Crippen molar-refractivity contribution in [2.45, 2.75) is 43.7 Å². The third-order valence-electron chi connectivity index (χ3n) is 3.47. The molecule has 21 heavy (non-hydrogen) atoms. The number of hydrogen-bond acceptors (Lipinski definition) is 4. The van der Waals surface area contributed by atoms with Gasteiger partial charge in [-0.05, 0) is 44.0 Å². The number of sulfonamides is 1. The van der Waals surface area contributed by atoms with Crippen LogP contribution in [0.4, 0.5) is 5.69 Å². The molecule has 116 valence electrons. The molecule has 0 radical (unpaired) electrons. The van der Waals surface area contributed by atoms with Crippen LogP contribution in [0.1, 0.15) is 26.7 Å². The zero-order chi connectivity index (χ0) is 15.5. The lowest BCUT2D eigenvalue weighted by Gasteiger charge is -2.28. The molecule has 7 heteroatoms. The quantitative estimate of drug-likeness (QED) is 0.776. The SMILES string of the molecule is CC(=O)Nc1ccc(S(=O)(=O)NC2CCC(C)NC2)cc1. The van der Waals surface area contributed by atoms with Gasteiger partial charge in [0.25, 0.3) is 0 Å². The summed E-state index contributed by atoms with van der Waals surface area (Å²) in [6, 6.07) is 6.50. The van der Waals surface area contributed by atoms with Gasteiger partial charge in [-0.2, -0.15) is 0 Å². The van der Waals surface area contributed by atoms with Crippen molar-refractivity contribution in [1.82, 2.24) is 10.0 Å². The van der Waals surface area contributed by atoms with Gasteiger partial charge < -0.3 is 10.6 Å². The highest BCUT2D eigenvalue weighted by molar-refractivity contribution is 7.89. The Hall–Kier alpha value is -1.44. The van der Waals surface area contributed by atoms with Crippen molar-refractivity contribution >= 4 is 21.6 Å². The van der Waals surface area contributed by atoms with Crippen LogP contribution in [-0.4, -0.2) is 33.0 Å². The molecule has 1 aliphatic heterocycles. The van der Waals surface area contributed by atoms with Crippen LogP contribution >= 0.6 is 0 Å². The Morgan fingerprint density at radius 3 is 2.43 bits per heavy atom. The molecular weight excluding hydrogens is 290 g/mol. The zero-order valence-electron chi connectivity index (χ0n) is 12.2. The highest BCUT2D eigenvalue weighted by Crippen LogP contribution is 2.16. The summed E-state index contributed by atoms with van der Waals surface area (Å²) < 4.78 is 27.3. The molecule has 0 bridgehead atoms. The molecular formula is C14H21N3O3S. The van der Waals surface area contributed by atoms with Crippen molar-refractivity contribution in [3.05, 3.63) is 24.3 Å². The first-order valence-electron chi connectivity index (χ1n) is 7.00. The summed E-state index contributed by atoms with van der Waals surface area (Å²) in [6.07, 6.45) is 1.78. The average molecular weight is 311 g/mol. The van der Waals surface area contributed by atoms with E-state index in [1.165, 1.54) is 19.1 Å². The van der Waals surface area contributed by atoms with Crippen LogP contribution in [-0.2, 0) is 14.8 Å². The van der Waals surface area contributed by atoms with Gasteiger partial charge in [0.15, 0.2) is 0 Å². The van der Waals surface area contributed by atoms with Crippen LogP contribution in [0, 0.1) is 0 Å². The molecule has 2 atom stereocenters. The maximum absolute atomic E-state index is 12.3. The molecule has 0 aliphatic carbocycles. The second-order valence-electron chi connectivity index (χ2n) is 5.41. The molecule has 1 aromatic rings. The summed E-state index contributed by atoms with van der Waals surface area (Å²) in [5.74, 6) is -0.189. The molecule has 2 rings (SSSR count). The monoisotopic (exact) mass is 311 g/mol. The topological polar surface area (TPSA) is 87.3 Å². The Morgan fingerprint density at radius 1 is 1.24 bits per heavy atom. The largest absolute Gasteiger partial charge is 0.326 e. The molecule has 3 N–H and O–H groups in total. The Labute approximate surface area is 125 Å². The molecule has 0 aromatic heterocycles. The number of piperidine rings is 1. The van der Waals surface area contributed by atoms with E-state index in [2.05, 4.69) is 22.3 Å². The van der Waals surface area contributed by atoms with Crippen molar-refractivity contribution in [2.75, 3.05) is 11.9 Å². The normalized spacial score (nSPS) is 22.8. The van der Waals surface area contributed by atoms with Gasteiger partial charge in [-0.1, -0.05) is 0 Å². The first kappa shape index (κ1) is 15.9. The molecule has 1 aliphatic rings. The van der Waals surface area contributed by atoms with Gasteiger partial charge in [0.2, 0.25) is 15.9 Å². The Morgan fingerprint density at radius 2 is 1.90 bits per heavy atom. The number of anilines is 1. The fourth-order valence-corrected chi connectivity index (χ4v) is 3.58. The van der Waals surface area contributed by atoms with E-state index >= 15 is 0 Å². The van der Waals surface area contributed by atoms with Crippen LogP contribution in [0.15, 0.2) is 29.2 Å². The first-order chi connectivity index (χ1) is 9.87. The molecule has 6 nitrogen and oxygen atoms in total. The summed E-state index contributed by atoms with van der Waals surface area (Å²) in [6.45, 7) is 4.14. The number of hydrogen-bond donors (Lipinski definition) is 3. The van der Waals surface area contributed by atoms with Crippen LogP contribution in [0.3, 0.4) is 0 Å². The van der Waals surface area contributed by atoms with E-state index in [1.807, 2.05) is 0 Å². The minimum Gasteiger partial charge on any atom is -0.326 e. The highest BCUT2D eigenvalue weighted by Gasteiger charge is 2.23. The lowest BCUT2D eigenvalue weighted by atomic mass is 10.0. The number of rotatable bonds is 4. The number of benzene rings is 1. The predicted molar refractivity (Wildman–Crippen MR) is 81.6 cm³/mol. The summed E-state index contributed by atoms with van der Waals surface area (Å²) in [5.41, 5.74) is 0.578. The first-order valence-corrected chi connectivity index (χ1v) is 8.48. The third kappa shape index (κ3) is 4.52. The zero-order valence-corrected chi connectivity index (χ0v) is 13.0. The minimum atomic E-state index is -3.53. The van der Waals surface area contributed by atoms with E-state index in [4.69, 9.17) is 0 Å². The van der Waals surface area contributed by atoms with E-state index in [-0.39, 0.29) is 16.8 Å². The smallest absolute Gasteiger partial charge is 0.240 e. The fraction of sp³-hybridized carbons (Fsp3) is 0.500. The Balaban J connectivity index is 2.03. The molecule has 1 aromatic carbocycles. The van der Waals surface area contributed by atoms with Gasteiger partial charge in [0.1, 0.15) is 0 Å². The standard InChI is InChI=1S/C14H21N3O3S/c1-10-3-4-13(9-15-10)17-21(19,20)14-7-5-12(6-8-14)16-11(2)18/h5-8,10,13,15,17H,3-4,9H2,1-2H3,(H,16,18).